The third kappa shape index (κ3) is 6.23. The molecule has 0 fully saturated rings. The van der Waals surface area contributed by atoms with Crippen LogP contribution in [0.3, 0.4) is 0 Å². The molecule has 4 N–H and O–H groups in total. The molecule has 0 aliphatic carbocycles. The van der Waals surface area contributed by atoms with Crippen LogP contribution in [0.4, 0.5) is 5.69 Å². The lowest BCUT2D eigenvalue weighted by Gasteiger charge is -2.08. The predicted molar refractivity (Wildman–Crippen MR) is 107 cm³/mol. The van der Waals surface area contributed by atoms with Crippen LogP contribution in [0, 0.1) is 13.8 Å². The van der Waals surface area contributed by atoms with Crippen molar-refractivity contribution in [2.24, 2.45) is 10.7 Å². The summed E-state index contributed by atoms with van der Waals surface area (Å²) in [6.07, 6.45) is 0.717. The summed E-state index contributed by atoms with van der Waals surface area (Å²) in [5.41, 5.74) is 9.89. The van der Waals surface area contributed by atoms with E-state index in [1.165, 1.54) is 11.1 Å². The van der Waals surface area contributed by atoms with E-state index in [1.807, 2.05) is 30.3 Å². The molecule has 0 aromatic heterocycles. The number of aliphatic imine (C=N–C) groups is 1. The molecule has 25 heavy (non-hydrogen) atoms. The van der Waals surface area contributed by atoms with Crippen molar-refractivity contribution < 1.29 is 4.79 Å². The standard InChI is InChI=1S/C19H23BrN4O/c1-13-7-8-17(11-14(13)2)24-19(21)23-10-4-9-22-18(25)15-5-3-6-16(20)12-15/h3,5-8,11-12H,4,9-10H2,1-2H3,(H,22,25)(H3,21,23,24). The monoisotopic (exact) mass is 402 g/mol. The Balaban J connectivity index is 1.73. The zero-order valence-electron chi connectivity index (χ0n) is 14.5. The van der Waals surface area contributed by atoms with E-state index in [4.69, 9.17) is 5.73 Å². The molecule has 5 nitrogen and oxygen atoms in total. The van der Waals surface area contributed by atoms with Crippen LogP contribution in [-0.2, 0) is 0 Å². The Kier molecular flexibility index (Phi) is 7.01. The summed E-state index contributed by atoms with van der Waals surface area (Å²) < 4.78 is 0.884. The minimum Gasteiger partial charge on any atom is -0.370 e. The van der Waals surface area contributed by atoms with Gasteiger partial charge in [-0.1, -0.05) is 28.1 Å². The summed E-state index contributed by atoms with van der Waals surface area (Å²) in [5, 5.41) is 5.95. The summed E-state index contributed by atoms with van der Waals surface area (Å²) in [7, 11) is 0. The van der Waals surface area contributed by atoms with Crippen LogP contribution in [0.2, 0.25) is 0 Å². The topological polar surface area (TPSA) is 79.5 Å². The predicted octanol–water partition coefficient (Wildman–Crippen LogP) is 3.61. The molecular weight excluding hydrogens is 380 g/mol. The third-order valence-electron chi connectivity index (χ3n) is 3.77. The molecule has 132 valence electrons. The van der Waals surface area contributed by atoms with Crippen molar-refractivity contribution in [1.29, 1.82) is 0 Å². The molecule has 0 atom stereocenters. The number of hydrogen-bond donors (Lipinski definition) is 3. The van der Waals surface area contributed by atoms with E-state index in [0.29, 0.717) is 24.6 Å². The molecule has 0 aliphatic rings. The number of carbonyl (C=O) groups excluding carboxylic acids is 1. The first-order chi connectivity index (χ1) is 12.0. The second-order valence-corrected chi connectivity index (χ2v) is 6.73. The molecule has 0 aliphatic heterocycles. The Hall–Kier alpha value is -2.34. The maximum Gasteiger partial charge on any atom is 0.251 e. The fourth-order valence-electron chi connectivity index (χ4n) is 2.22. The van der Waals surface area contributed by atoms with Crippen LogP contribution >= 0.6 is 15.9 Å². The number of amides is 1. The first-order valence-corrected chi connectivity index (χ1v) is 8.93. The van der Waals surface area contributed by atoms with Crippen LogP contribution in [0.1, 0.15) is 27.9 Å². The van der Waals surface area contributed by atoms with Crippen molar-refractivity contribution in [1.82, 2.24) is 5.32 Å². The minimum absolute atomic E-state index is 0.0912. The Morgan fingerprint density at radius 1 is 1.16 bits per heavy atom. The number of anilines is 1. The highest BCUT2D eigenvalue weighted by Crippen LogP contribution is 2.14. The van der Waals surface area contributed by atoms with Crippen LogP contribution in [0.15, 0.2) is 51.9 Å². The lowest BCUT2D eigenvalue weighted by Crippen LogP contribution is -2.26. The van der Waals surface area contributed by atoms with E-state index in [9.17, 15) is 4.79 Å². The second-order valence-electron chi connectivity index (χ2n) is 5.81. The van der Waals surface area contributed by atoms with E-state index in [2.05, 4.69) is 45.4 Å². The maximum absolute atomic E-state index is 12.0. The average molecular weight is 403 g/mol. The summed E-state index contributed by atoms with van der Waals surface area (Å²) >= 11 is 3.36. The SMILES string of the molecule is Cc1ccc(NC(N)=NCCCNC(=O)c2cccc(Br)c2)cc1C. The van der Waals surface area contributed by atoms with Gasteiger partial charge in [-0.25, -0.2) is 0 Å². The van der Waals surface area contributed by atoms with E-state index in [-0.39, 0.29) is 5.91 Å². The van der Waals surface area contributed by atoms with E-state index in [0.717, 1.165) is 16.6 Å². The quantitative estimate of drug-likeness (QED) is 0.392. The van der Waals surface area contributed by atoms with Crippen molar-refractivity contribution in [3.05, 3.63) is 63.6 Å². The third-order valence-corrected chi connectivity index (χ3v) is 4.26. The number of carbonyl (C=O) groups is 1. The molecule has 1 amide bonds. The van der Waals surface area contributed by atoms with Gasteiger partial charge in [-0.05, 0) is 61.7 Å². The summed E-state index contributed by atoms with van der Waals surface area (Å²) in [6, 6.07) is 13.4. The molecule has 0 bridgehead atoms. The number of aryl methyl sites for hydroxylation is 2. The van der Waals surface area contributed by atoms with Gasteiger partial charge in [0.1, 0.15) is 0 Å². The largest absolute Gasteiger partial charge is 0.370 e. The number of guanidine groups is 1. The molecule has 2 aromatic rings. The fraction of sp³-hybridized carbons (Fsp3) is 0.263. The highest BCUT2D eigenvalue weighted by Gasteiger charge is 2.04. The van der Waals surface area contributed by atoms with Crippen molar-refractivity contribution in [3.8, 4) is 0 Å². The second kappa shape index (κ2) is 9.22. The zero-order valence-corrected chi connectivity index (χ0v) is 16.1. The number of rotatable bonds is 6. The van der Waals surface area contributed by atoms with Crippen molar-refractivity contribution >= 4 is 33.5 Å². The fourth-order valence-corrected chi connectivity index (χ4v) is 2.62. The number of nitrogens with zero attached hydrogens (tertiary/aromatic N) is 1. The summed E-state index contributed by atoms with van der Waals surface area (Å²) in [4.78, 5) is 16.3. The highest BCUT2D eigenvalue weighted by atomic mass is 79.9. The van der Waals surface area contributed by atoms with E-state index >= 15 is 0 Å². The number of halogens is 1. The Morgan fingerprint density at radius 3 is 2.68 bits per heavy atom. The lowest BCUT2D eigenvalue weighted by atomic mass is 10.1. The molecular formula is C19H23BrN4O. The molecule has 6 heteroatoms. The number of benzene rings is 2. The smallest absolute Gasteiger partial charge is 0.251 e. The number of hydrogen-bond acceptors (Lipinski definition) is 2. The molecule has 0 spiro atoms. The highest BCUT2D eigenvalue weighted by molar-refractivity contribution is 9.10. The average Bonchev–Trinajstić information content (AvgIpc) is 2.57. The molecule has 0 saturated heterocycles. The molecule has 0 unspecified atom stereocenters. The minimum atomic E-state index is -0.0912. The van der Waals surface area contributed by atoms with Crippen molar-refractivity contribution in [2.45, 2.75) is 20.3 Å². The number of nitrogens with one attached hydrogen (secondary N) is 2. The van der Waals surface area contributed by atoms with Gasteiger partial charge in [0.05, 0.1) is 0 Å². The van der Waals surface area contributed by atoms with Crippen LogP contribution in [-0.4, -0.2) is 25.0 Å². The molecule has 2 rings (SSSR count). The van der Waals surface area contributed by atoms with Crippen LogP contribution in [0.25, 0.3) is 0 Å². The van der Waals surface area contributed by atoms with Gasteiger partial charge in [0.2, 0.25) is 0 Å². The van der Waals surface area contributed by atoms with Gasteiger partial charge in [-0.3, -0.25) is 9.79 Å². The molecule has 0 radical (unpaired) electrons. The van der Waals surface area contributed by atoms with Gasteiger partial charge >= 0.3 is 0 Å². The first kappa shape index (κ1) is 19.0. The summed E-state index contributed by atoms with van der Waals surface area (Å²) in [5.74, 6) is 0.285. The normalized spacial score (nSPS) is 11.2. The van der Waals surface area contributed by atoms with Gasteiger partial charge in [0, 0.05) is 28.8 Å². The van der Waals surface area contributed by atoms with Crippen LogP contribution in [0.5, 0.6) is 0 Å². The van der Waals surface area contributed by atoms with Gasteiger partial charge < -0.3 is 16.4 Å². The van der Waals surface area contributed by atoms with Crippen molar-refractivity contribution in [2.75, 3.05) is 18.4 Å². The van der Waals surface area contributed by atoms with E-state index in [1.54, 1.807) is 12.1 Å². The number of nitrogens with two attached hydrogens (primary N) is 1. The molecule has 2 aromatic carbocycles. The van der Waals surface area contributed by atoms with Gasteiger partial charge in [0.15, 0.2) is 5.96 Å². The Morgan fingerprint density at radius 2 is 1.96 bits per heavy atom. The van der Waals surface area contributed by atoms with Crippen LogP contribution < -0.4 is 16.4 Å². The van der Waals surface area contributed by atoms with Gasteiger partial charge in [0.25, 0.3) is 5.91 Å². The Labute approximate surface area is 156 Å². The maximum atomic E-state index is 12.0. The van der Waals surface area contributed by atoms with Gasteiger partial charge in [-0.15, -0.1) is 0 Å². The first-order valence-electron chi connectivity index (χ1n) is 8.13. The van der Waals surface area contributed by atoms with Gasteiger partial charge in [-0.2, -0.15) is 0 Å². The molecule has 0 heterocycles. The summed E-state index contributed by atoms with van der Waals surface area (Å²) in [6.45, 7) is 5.22. The Bertz CT molecular complexity index is 774. The molecule has 0 saturated carbocycles. The lowest BCUT2D eigenvalue weighted by molar-refractivity contribution is 0.0953. The zero-order chi connectivity index (χ0) is 18.2. The van der Waals surface area contributed by atoms with Crippen molar-refractivity contribution in [3.63, 3.8) is 0 Å². The van der Waals surface area contributed by atoms with E-state index < -0.39 is 0 Å².